The third-order valence-electron chi connectivity index (χ3n) is 11.6. The summed E-state index contributed by atoms with van der Waals surface area (Å²) in [7, 11) is 0. The molecule has 0 radical (unpaired) electrons. The third-order valence-corrected chi connectivity index (χ3v) is 12.5. The second kappa shape index (κ2) is 34.9. The molecule has 3 aromatic rings. The normalized spacial score (nSPS) is 18.4. The van der Waals surface area contributed by atoms with Gasteiger partial charge in [0.05, 0.1) is 26.2 Å². The van der Waals surface area contributed by atoms with Crippen molar-refractivity contribution in [2.45, 2.75) is 180 Å². The van der Waals surface area contributed by atoms with Crippen LogP contribution >= 0.6 is 11.8 Å². The van der Waals surface area contributed by atoms with Crippen molar-refractivity contribution in [2.75, 3.05) is 25.5 Å². The molecule has 0 bridgehead atoms. The molecular formula is C54H77NO12S. The minimum atomic E-state index is -1.19. The fourth-order valence-electron chi connectivity index (χ4n) is 7.80. The number of carbonyl (C=O) groups excluding carboxylic acids is 4. The van der Waals surface area contributed by atoms with Gasteiger partial charge in [-0.25, -0.2) is 4.79 Å². The second-order valence-electron chi connectivity index (χ2n) is 17.4. The number of thioether (sulfide) groups is 1. The van der Waals surface area contributed by atoms with Crippen LogP contribution in [0, 0.1) is 0 Å². The van der Waals surface area contributed by atoms with Gasteiger partial charge >= 0.3 is 18.0 Å². The molecule has 1 aliphatic heterocycles. The first-order valence-corrected chi connectivity index (χ1v) is 25.9. The number of carbonyl (C=O) groups is 4. The first-order chi connectivity index (χ1) is 33.2. The van der Waals surface area contributed by atoms with Crippen molar-refractivity contribution in [1.82, 2.24) is 5.32 Å². The molecule has 13 nitrogen and oxygen atoms in total. The molecule has 1 saturated heterocycles. The molecule has 1 fully saturated rings. The second-order valence-corrected chi connectivity index (χ2v) is 18.6. The van der Waals surface area contributed by atoms with E-state index in [0.29, 0.717) is 0 Å². The average molecular weight is 964 g/mol. The Bertz CT molecular complexity index is 1810. The number of rotatable bonds is 35. The molecule has 4 rings (SSSR count). The van der Waals surface area contributed by atoms with Crippen LogP contribution in [0.5, 0.6) is 0 Å². The summed E-state index contributed by atoms with van der Waals surface area (Å²) in [5.74, 6) is -0.958. The summed E-state index contributed by atoms with van der Waals surface area (Å²) >= 11 is 0.990. The van der Waals surface area contributed by atoms with Gasteiger partial charge < -0.3 is 43.6 Å². The van der Waals surface area contributed by atoms with E-state index >= 15 is 0 Å². The van der Waals surface area contributed by atoms with Gasteiger partial charge in [-0.2, -0.15) is 0 Å². The number of alkyl carbamates (subject to hydrolysis) is 1. The summed E-state index contributed by atoms with van der Waals surface area (Å²) in [4.78, 5) is 50.9. The molecule has 0 aromatic heterocycles. The number of hydrogen-bond donors (Lipinski definition) is 2. The van der Waals surface area contributed by atoms with E-state index in [2.05, 4.69) is 12.2 Å². The van der Waals surface area contributed by atoms with Crippen LogP contribution in [-0.2, 0) is 67.4 Å². The SMILES string of the molecule is CCCCCCCCCCCCCCCCCC(=O)OCC(O)COC1OC(CSC(C)=O)C(OC(=O)CCNC(=O)OCc2ccccc2)C(OCc2ccccc2)C1OCc1ccccc1. The van der Waals surface area contributed by atoms with Crippen molar-refractivity contribution in [3.63, 3.8) is 0 Å². The zero-order valence-corrected chi connectivity index (χ0v) is 41.3. The molecule has 376 valence electrons. The van der Waals surface area contributed by atoms with Crippen molar-refractivity contribution in [3.05, 3.63) is 108 Å². The maximum absolute atomic E-state index is 13.5. The first-order valence-electron chi connectivity index (χ1n) is 24.9. The summed E-state index contributed by atoms with van der Waals surface area (Å²) in [6, 6.07) is 28.2. The Morgan fingerprint density at radius 1 is 0.588 bits per heavy atom. The van der Waals surface area contributed by atoms with E-state index in [0.717, 1.165) is 47.7 Å². The van der Waals surface area contributed by atoms with E-state index in [9.17, 15) is 24.3 Å². The number of aliphatic hydroxyl groups excluding tert-OH is 1. The Morgan fingerprint density at radius 3 is 1.62 bits per heavy atom. The predicted molar refractivity (Wildman–Crippen MR) is 263 cm³/mol. The van der Waals surface area contributed by atoms with Gasteiger partial charge in [0.2, 0.25) is 0 Å². The maximum Gasteiger partial charge on any atom is 0.407 e. The Labute approximate surface area is 409 Å². The average Bonchev–Trinajstić information content (AvgIpc) is 3.35. The van der Waals surface area contributed by atoms with Gasteiger partial charge in [0.25, 0.3) is 0 Å². The Kier molecular flexibility index (Phi) is 28.9. The van der Waals surface area contributed by atoms with Crippen molar-refractivity contribution in [3.8, 4) is 0 Å². The Balaban J connectivity index is 1.32. The number of benzene rings is 3. The molecule has 0 saturated carbocycles. The van der Waals surface area contributed by atoms with Crippen LogP contribution in [0.2, 0.25) is 0 Å². The molecular weight excluding hydrogens is 887 g/mol. The lowest BCUT2D eigenvalue weighted by atomic mass is 9.98. The first kappa shape index (κ1) is 56.3. The topological polar surface area (TPSA) is 165 Å². The van der Waals surface area contributed by atoms with Gasteiger partial charge in [-0.15, -0.1) is 0 Å². The highest BCUT2D eigenvalue weighted by atomic mass is 32.2. The molecule has 1 aliphatic rings. The number of amides is 1. The monoisotopic (exact) mass is 964 g/mol. The van der Waals surface area contributed by atoms with E-state index in [1.807, 2.05) is 91.0 Å². The molecule has 1 amide bonds. The van der Waals surface area contributed by atoms with E-state index in [1.165, 1.54) is 84.0 Å². The molecule has 6 atom stereocenters. The van der Waals surface area contributed by atoms with Crippen LogP contribution in [0.25, 0.3) is 0 Å². The standard InChI is InChI=1S/C54H77NO12S/c1-3-4-5-6-7-8-9-10-11-12-13-14-15-16-26-33-48(58)61-39-46(57)40-64-53-52(63-37-44-29-22-18-23-30-44)51(62-36-43-27-20-17-21-28-43)50(47(66-53)41-68-42(2)56)67-49(59)34-35-55-54(60)65-38-45-31-24-19-25-32-45/h17-25,27-32,46-47,50-53,57H,3-16,26,33-41H2,1-2H3,(H,55,60). The van der Waals surface area contributed by atoms with Gasteiger partial charge in [0, 0.05) is 25.6 Å². The lowest BCUT2D eigenvalue weighted by Crippen LogP contribution is -2.62. The number of ether oxygens (including phenoxy) is 7. The number of esters is 2. The molecule has 0 spiro atoms. The number of aliphatic hydroxyl groups is 1. The Morgan fingerprint density at radius 2 is 1.09 bits per heavy atom. The van der Waals surface area contributed by atoms with Gasteiger partial charge in [0.1, 0.15) is 37.6 Å². The number of nitrogens with one attached hydrogen (secondary N) is 1. The minimum absolute atomic E-state index is 0.0654. The predicted octanol–water partition coefficient (Wildman–Crippen LogP) is 10.6. The highest BCUT2D eigenvalue weighted by Crippen LogP contribution is 2.33. The van der Waals surface area contributed by atoms with Crippen LogP contribution in [0.3, 0.4) is 0 Å². The Hall–Kier alpha value is -4.31. The summed E-state index contributed by atoms with van der Waals surface area (Å²) in [6.07, 6.45) is 11.6. The number of hydrogen-bond acceptors (Lipinski definition) is 13. The summed E-state index contributed by atoms with van der Waals surface area (Å²) in [6.45, 7) is 3.36. The van der Waals surface area contributed by atoms with Crippen molar-refractivity contribution in [1.29, 1.82) is 0 Å². The van der Waals surface area contributed by atoms with Crippen LogP contribution in [-0.4, -0.2) is 90.6 Å². The van der Waals surface area contributed by atoms with Crippen LogP contribution < -0.4 is 5.32 Å². The summed E-state index contributed by atoms with van der Waals surface area (Å²) in [5.41, 5.74) is 2.51. The summed E-state index contributed by atoms with van der Waals surface area (Å²) < 4.78 is 42.6. The molecule has 3 aromatic carbocycles. The van der Waals surface area contributed by atoms with E-state index in [-0.39, 0.29) is 69.3 Å². The molecule has 6 unspecified atom stereocenters. The third kappa shape index (κ3) is 24.3. The highest BCUT2D eigenvalue weighted by Gasteiger charge is 2.50. The molecule has 2 N–H and O–H groups in total. The quantitative estimate of drug-likeness (QED) is 0.0325. The van der Waals surface area contributed by atoms with E-state index in [4.69, 9.17) is 33.2 Å². The van der Waals surface area contributed by atoms with Crippen LogP contribution in [0.1, 0.15) is 140 Å². The molecule has 1 heterocycles. The maximum atomic E-state index is 13.5. The number of unbranched alkanes of at least 4 members (excludes halogenated alkanes) is 14. The molecule has 0 aliphatic carbocycles. The zero-order chi connectivity index (χ0) is 48.4. The van der Waals surface area contributed by atoms with Gasteiger partial charge in [-0.05, 0) is 23.1 Å². The van der Waals surface area contributed by atoms with E-state index in [1.54, 1.807) is 0 Å². The zero-order valence-electron chi connectivity index (χ0n) is 40.4. The lowest BCUT2D eigenvalue weighted by molar-refractivity contribution is -0.317. The lowest BCUT2D eigenvalue weighted by Gasteiger charge is -2.45. The largest absolute Gasteiger partial charge is 0.463 e. The van der Waals surface area contributed by atoms with Gasteiger partial charge in [0.15, 0.2) is 17.5 Å². The van der Waals surface area contributed by atoms with Crippen molar-refractivity contribution in [2.24, 2.45) is 0 Å². The molecule has 14 heteroatoms. The minimum Gasteiger partial charge on any atom is -0.463 e. The molecule has 68 heavy (non-hydrogen) atoms. The highest BCUT2D eigenvalue weighted by molar-refractivity contribution is 8.13. The van der Waals surface area contributed by atoms with Crippen LogP contribution in [0.4, 0.5) is 4.79 Å². The van der Waals surface area contributed by atoms with Gasteiger partial charge in [-0.1, -0.05) is 200 Å². The van der Waals surface area contributed by atoms with Gasteiger partial charge in [-0.3, -0.25) is 14.4 Å². The van der Waals surface area contributed by atoms with Crippen LogP contribution in [0.15, 0.2) is 91.0 Å². The fourth-order valence-corrected chi connectivity index (χ4v) is 8.46. The van der Waals surface area contributed by atoms with Crippen molar-refractivity contribution >= 4 is 34.9 Å². The smallest absolute Gasteiger partial charge is 0.407 e. The summed E-state index contributed by atoms with van der Waals surface area (Å²) in [5, 5.41) is 13.4. The van der Waals surface area contributed by atoms with E-state index < -0.39 is 48.9 Å². The fraction of sp³-hybridized carbons (Fsp3) is 0.593. The van der Waals surface area contributed by atoms with Crippen molar-refractivity contribution < 1.29 is 57.4 Å².